The molecule has 0 N–H and O–H groups in total. The van der Waals surface area contributed by atoms with Gasteiger partial charge in [-0.05, 0) is 0 Å². The number of nitrogens with zero attached hydrogens (tertiary/aromatic N) is 1. The minimum absolute atomic E-state index is 0.520. The van der Waals surface area contributed by atoms with Gasteiger partial charge in [-0.2, -0.15) is 0 Å². The molecule has 1 heterocycles. The molecule has 0 atom stereocenters. The molecule has 132 valence electrons. The van der Waals surface area contributed by atoms with Crippen molar-refractivity contribution in [3.05, 3.63) is 71.4 Å². The van der Waals surface area contributed by atoms with E-state index < -0.39 is 13.3 Å². The van der Waals surface area contributed by atoms with Crippen LogP contribution in [0.5, 0.6) is 0 Å². The van der Waals surface area contributed by atoms with Crippen LogP contribution in [0.4, 0.5) is 0 Å². The summed E-state index contributed by atoms with van der Waals surface area (Å²) in [4.78, 5) is 4.70. The van der Waals surface area contributed by atoms with E-state index in [0.717, 1.165) is 12.1 Å². The Bertz CT molecular complexity index is 980. The fraction of sp³-hybridized carbons (Fsp3) is 0.292. The van der Waals surface area contributed by atoms with Crippen LogP contribution in [0.25, 0.3) is 22.4 Å². The normalized spacial score (nSPS) is 13.0. The van der Waals surface area contributed by atoms with E-state index in [2.05, 4.69) is 79.6 Å². The Morgan fingerprint density at radius 3 is 2.38 bits per heavy atom. The van der Waals surface area contributed by atoms with E-state index in [1.165, 1.54) is 33.4 Å². The summed E-state index contributed by atoms with van der Waals surface area (Å²) in [5.74, 6) is 7.93. The quantitative estimate of drug-likeness (QED) is 0.384. The second-order valence-corrected chi connectivity index (χ2v) is 19.4. The Morgan fingerprint density at radius 2 is 1.65 bits per heavy atom. The number of fused-ring (bicyclic) bond motifs is 3. The van der Waals surface area contributed by atoms with Crippen LogP contribution in [0, 0.1) is 0 Å². The third-order valence-corrected chi connectivity index (χ3v) is 9.82. The zero-order valence-corrected chi connectivity index (χ0v) is 18.5. The van der Waals surface area contributed by atoms with Gasteiger partial charge < -0.3 is 0 Å². The van der Waals surface area contributed by atoms with Crippen molar-refractivity contribution in [2.24, 2.45) is 0 Å². The molecule has 0 saturated heterocycles. The van der Waals surface area contributed by atoms with Gasteiger partial charge in [0.25, 0.3) is 0 Å². The van der Waals surface area contributed by atoms with Crippen LogP contribution in [-0.4, -0.2) is 18.3 Å². The van der Waals surface area contributed by atoms with Crippen LogP contribution in [0.3, 0.4) is 0 Å². The van der Waals surface area contributed by atoms with E-state index >= 15 is 0 Å². The standard InChI is InChI=1S/C24H27GeN/c1-16(2)17-11-12-26-24(15-17)22-8-6-7-21-20-10-9-19(25(3,4)5)13-18(20)14-23(21)22/h6-13,15-16H,14H2,1-5H3. The number of pyridine rings is 1. The molecule has 0 aliphatic heterocycles. The van der Waals surface area contributed by atoms with Gasteiger partial charge in [0.2, 0.25) is 0 Å². The number of benzene rings is 2. The molecular weight excluding hydrogens is 375 g/mol. The van der Waals surface area contributed by atoms with Crippen molar-refractivity contribution in [1.82, 2.24) is 4.98 Å². The molecule has 0 fully saturated rings. The Labute approximate surface area is 159 Å². The first-order valence-electron chi connectivity index (χ1n) is 9.56. The topological polar surface area (TPSA) is 12.9 Å². The second-order valence-electron chi connectivity index (χ2n) is 8.76. The fourth-order valence-electron chi connectivity index (χ4n) is 3.88. The van der Waals surface area contributed by atoms with Gasteiger partial charge in [-0.25, -0.2) is 0 Å². The molecule has 0 amide bonds. The third-order valence-electron chi connectivity index (χ3n) is 5.53. The first-order chi connectivity index (χ1) is 12.3. The second kappa shape index (κ2) is 6.38. The Kier molecular flexibility index (Phi) is 4.31. The van der Waals surface area contributed by atoms with E-state index in [4.69, 9.17) is 4.98 Å². The number of hydrogen-bond acceptors (Lipinski definition) is 1. The molecule has 4 rings (SSSR count). The first-order valence-corrected chi connectivity index (χ1v) is 16.9. The van der Waals surface area contributed by atoms with E-state index in [9.17, 15) is 0 Å². The summed E-state index contributed by atoms with van der Waals surface area (Å²) in [6.07, 6.45) is 2.98. The molecule has 0 unspecified atom stereocenters. The van der Waals surface area contributed by atoms with Crippen molar-refractivity contribution in [2.75, 3.05) is 0 Å². The molecule has 26 heavy (non-hydrogen) atoms. The maximum absolute atomic E-state index is 4.70. The van der Waals surface area contributed by atoms with Gasteiger partial charge in [0.1, 0.15) is 0 Å². The molecule has 1 aliphatic rings. The average molecular weight is 402 g/mol. The summed E-state index contributed by atoms with van der Waals surface area (Å²) in [6, 6.07) is 18.3. The minimum atomic E-state index is -1.80. The summed E-state index contributed by atoms with van der Waals surface area (Å²) in [5, 5.41) is 0. The summed E-state index contributed by atoms with van der Waals surface area (Å²) in [6.45, 7) is 4.48. The van der Waals surface area contributed by atoms with Crippen LogP contribution in [0.2, 0.25) is 17.3 Å². The zero-order valence-electron chi connectivity index (χ0n) is 16.4. The van der Waals surface area contributed by atoms with Gasteiger partial charge in [-0.15, -0.1) is 0 Å². The van der Waals surface area contributed by atoms with Gasteiger partial charge in [0.15, 0.2) is 0 Å². The van der Waals surface area contributed by atoms with Crippen LogP contribution in [-0.2, 0) is 6.42 Å². The molecule has 1 aromatic heterocycles. The van der Waals surface area contributed by atoms with Gasteiger partial charge in [-0.3, -0.25) is 0 Å². The maximum atomic E-state index is 4.70. The Morgan fingerprint density at radius 1 is 0.885 bits per heavy atom. The van der Waals surface area contributed by atoms with Crippen LogP contribution >= 0.6 is 0 Å². The van der Waals surface area contributed by atoms with Gasteiger partial charge >= 0.3 is 160 Å². The average Bonchev–Trinajstić information content (AvgIpc) is 2.99. The zero-order chi connectivity index (χ0) is 18.5. The van der Waals surface area contributed by atoms with Crippen LogP contribution in [0.15, 0.2) is 54.7 Å². The van der Waals surface area contributed by atoms with Crippen molar-refractivity contribution in [3.63, 3.8) is 0 Å². The third kappa shape index (κ3) is 3.03. The summed E-state index contributed by atoms with van der Waals surface area (Å²) in [5.41, 5.74) is 9.49. The summed E-state index contributed by atoms with van der Waals surface area (Å²) >= 11 is -1.80. The molecule has 0 radical (unpaired) electrons. The molecule has 2 aromatic carbocycles. The van der Waals surface area contributed by atoms with E-state index in [0.29, 0.717) is 5.92 Å². The summed E-state index contributed by atoms with van der Waals surface area (Å²) < 4.78 is 1.60. The number of rotatable bonds is 3. The molecule has 0 bridgehead atoms. The Hall–Kier alpha value is -1.87. The number of aromatic nitrogens is 1. The van der Waals surface area contributed by atoms with Crippen molar-refractivity contribution in [1.29, 1.82) is 0 Å². The van der Waals surface area contributed by atoms with Gasteiger partial charge in [0, 0.05) is 0 Å². The molecule has 3 aromatic rings. The molecule has 2 heteroatoms. The van der Waals surface area contributed by atoms with Crippen LogP contribution in [0.1, 0.15) is 36.5 Å². The fourth-order valence-corrected chi connectivity index (χ4v) is 6.38. The Balaban J connectivity index is 1.82. The molecule has 1 nitrogen and oxygen atoms in total. The van der Waals surface area contributed by atoms with E-state index in [1.807, 2.05) is 6.20 Å². The monoisotopic (exact) mass is 403 g/mol. The van der Waals surface area contributed by atoms with E-state index in [-0.39, 0.29) is 0 Å². The van der Waals surface area contributed by atoms with Crippen molar-refractivity contribution >= 4 is 17.7 Å². The summed E-state index contributed by atoms with van der Waals surface area (Å²) in [7, 11) is 0. The molecule has 1 aliphatic carbocycles. The van der Waals surface area contributed by atoms with Crippen molar-refractivity contribution in [3.8, 4) is 22.4 Å². The SMILES string of the molecule is CC(C)c1ccnc(-c2cccc3c2Cc2c[c]([Ge]([CH3])([CH3])[CH3])ccc2-3)c1. The predicted octanol–water partition coefficient (Wildman–Crippen LogP) is 5.99. The van der Waals surface area contributed by atoms with Gasteiger partial charge in [-0.1, -0.05) is 0 Å². The molecular formula is C24H27GeN. The number of hydrogen-bond donors (Lipinski definition) is 0. The van der Waals surface area contributed by atoms with Crippen LogP contribution < -0.4 is 4.40 Å². The molecule has 0 saturated carbocycles. The van der Waals surface area contributed by atoms with Crippen molar-refractivity contribution in [2.45, 2.75) is 43.5 Å². The predicted molar refractivity (Wildman–Crippen MR) is 115 cm³/mol. The van der Waals surface area contributed by atoms with Crippen molar-refractivity contribution < 1.29 is 0 Å². The first kappa shape index (κ1) is 17.5. The van der Waals surface area contributed by atoms with Gasteiger partial charge in [0.05, 0.1) is 0 Å². The van der Waals surface area contributed by atoms with E-state index in [1.54, 1.807) is 4.40 Å². The molecule has 0 spiro atoms.